The molecule has 0 aliphatic rings. The van der Waals surface area contributed by atoms with Crippen molar-refractivity contribution in [1.82, 2.24) is 0 Å². The molecule has 0 aromatic heterocycles. The van der Waals surface area contributed by atoms with Crippen LogP contribution in [0.15, 0.2) is 89.8 Å². The molecular weight excluding hydrogens is 388 g/mol. The Morgan fingerprint density at radius 1 is 0.897 bits per heavy atom. The summed E-state index contributed by atoms with van der Waals surface area (Å²) in [4.78, 5) is 12.7. The van der Waals surface area contributed by atoms with Crippen LogP contribution in [0.2, 0.25) is 0 Å². The smallest absolute Gasteiger partial charge is 0.264 e. The number of benzene rings is 3. The quantitative estimate of drug-likeness (QED) is 0.611. The number of hydrogen-bond donors (Lipinski definition) is 1. The molecule has 29 heavy (non-hydrogen) atoms. The number of carbonyl (C=O) groups excluding carboxylic acids is 1. The van der Waals surface area contributed by atoms with E-state index in [1.165, 1.54) is 12.1 Å². The van der Waals surface area contributed by atoms with Crippen LogP contribution >= 0.6 is 0 Å². The van der Waals surface area contributed by atoms with Crippen molar-refractivity contribution in [3.63, 3.8) is 0 Å². The minimum atomic E-state index is -3.96. The normalized spacial score (nSPS) is 10.9. The lowest BCUT2D eigenvalue weighted by Gasteiger charge is -2.24. The van der Waals surface area contributed by atoms with E-state index in [0.29, 0.717) is 23.7 Å². The number of nitrogens with one attached hydrogen (secondary N) is 1. The number of nitrogens with zero attached hydrogens (tertiary/aromatic N) is 1. The highest BCUT2D eigenvalue weighted by Gasteiger charge is 2.27. The molecule has 0 heterocycles. The van der Waals surface area contributed by atoms with Gasteiger partial charge in [0.25, 0.3) is 10.0 Å². The highest BCUT2D eigenvalue weighted by Crippen LogP contribution is 2.25. The molecule has 0 aliphatic carbocycles. The maximum atomic E-state index is 13.3. The zero-order chi connectivity index (χ0) is 20.7. The van der Waals surface area contributed by atoms with Gasteiger partial charge in [0.1, 0.15) is 12.3 Å². The Kier molecular flexibility index (Phi) is 6.51. The summed E-state index contributed by atoms with van der Waals surface area (Å²) in [7, 11) is -3.96. The van der Waals surface area contributed by atoms with Crippen LogP contribution in [0, 0.1) is 0 Å². The number of sulfonamides is 1. The molecule has 6 nitrogen and oxygen atoms in total. The van der Waals surface area contributed by atoms with Crippen molar-refractivity contribution >= 4 is 27.3 Å². The second kappa shape index (κ2) is 9.25. The van der Waals surface area contributed by atoms with E-state index in [1.54, 1.807) is 66.7 Å². The van der Waals surface area contributed by atoms with Gasteiger partial charge in [0.15, 0.2) is 0 Å². The number of anilines is 2. The molecule has 7 heteroatoms. The lowest BCUT2D eigenvalue weighted by molar-refractivity contribution is -0.114. The van der Waals surface area contributed by atoms with Gasteiger partial charge in [0.2, 0.25) is 5.91 Å². The summed E-state index contributed by atoms with van der Waals surface area (Å²) in [5, 5.41) is 2.73. The third kappa shape index (κ3) is 5.14. The average Bonchev–Trinajstić information content (AvgIpc) is 2.74. The van der Waals surface area contributed by atoms with E-state index in [4.69, 9.17) is 4.74 Å². The Morgan fingerprint density at radius 3 is 2.07 bits per heavy atom. The number of para-hydroxylation sites is 2. The first-order chi connectivity index (χ1) is 14.0. The summed E-state index contributed by atoms with van der Waals surface area (Å²) >= 11 is 0. The molecule has 0 fully saturated rings. The SMILES string of the molecule is CCOc1ccc(S(=O)(=O)N(CC(=O)Nc2ccccc2)c2ccccc2)cc1. The van der Waals surface area contributed by atoms with E-state index in [2.05, 4.69) is 5.32 Å². The monoisotopic (exact) mass is 410 g/mol. The van der Waals surface area contributed by atoms with Gasteiger partial charge in [-0.1, -0.05) is 36.4 Å². The predicted octanol–water partition coefficient (Wildman–Crippen LogP) is 3.92. The van der Waals surface area contributed by atoms with Crippen LogP contribution in [-0.4, -0.2) is 27.5 Å². The number of carbonyl (C=O) groups is 1. The van der Waals surface area contributed by atoms with E-state index >= 15 is 0 Å². The minimum Gasteiger partial charge on any atom is -0.494 e. The summed E-state index contributed by atoms with van der Waals surface area (Å²) in [6.45, 7) is 1.99. The van der Waals surface area contributed by atoms with Gasteiger partial charge < -0.3 is 10.1 Å². The van der Waals surface area contributed by atoms with Crippen LogP contribution in [0.1, 0.15) is 6.92 Å². The van der Waals surface area contributed by atoms with Crippen molar-refractivity contribution in [2.24, 2.45) is 0 Å². The Hall–Kier alpha value is -3.32. The molecule has 3 aromatic rings. The molecule has 0 saturated carbocycles. The van der Waals surface area contributed by atoms with Gasteiger partial charge in [0, 0.05) is 5.69 Å². The molecule has 150 valence electrons. The second-order valence-electron chi connectivity index (χ2n) is 6.17. The first-order valence-electron chi connectivity index (χ1n) is 9.16. The Balaban J connectivity index is 1.89. The Morgan fingerprint density at radius 2 is 1.48 bits per heavy atom. The molecule has 3 rings (SSSR count). The van der Waals surface area contributed by atoms with E-state index in [9.17, 15) is 13.2 Å². The molecule has 1 amide bonds. The molecule has 3 aromatic carbocycles. The number of hydrogen-bond acceptors (Lipinski definition) is 4. The lowest BCUT2D eigenvalue weighted by atomic mass is 10.3. The van der Waals surface area contributed by atoms with Crippen molar-refractivity contribution in [3.05, 3.63) is 84.9 Å². The lowest BCUT2D eigenvalue weighted by Crippen LogP contribution is -2.38. The van der Waals surface area contributed by atoms with Crippen LogP contribution in [0.25, 0.3) is 0 Å². The van der Waals surface area contributed by atoms with E-state index in [0.717, 1.165) is 4.31 Å². The summed E-state index contributed by atoms with van der Waals surface area (Å²) in [5.41, 5.74) is 1.01. The Labute approximate surface area is 170 Å². The maximum Gasteiger partial charge on any atom is 0.264 e. The van der Waals surface area contributed by atoms with Crippen LogP contribution in [-0.2, 0) is 14.8 Å². The summed E-state index contributed by atoms with van der Waals surface area (Å²) in [5.74, 6) is 0.147. The molecular formula is C22H22N2O4S. The molecule has 0 radical (unpaired) electrons. The number of rotatable bonds is 8. The fraction of sp³-hybridized carbons (Fsp3) is 0.136. The number of ether oxygens (including phenoxy) is 1. The first-order valence-corrected chi connectivity index (χ1v) is 10.6. The average molecular weight is 410 g/mol. The standard InChI is InChI=1S/C22H22N2O4S/c1-2-28-20-13-15-21(16-14-20)29(26,27)24(19-11-7-4-8-12-19)17-22(25)23-18-9-5-3-6-10-18/h3-16H,2,17H2,1H3,(H,23,25). The van der Waals surface area contributed by atoms with Crippen LogP contribution in [0.3, 0.4) is 0 Å². The van der Waals surface area contributed by atoms with E-state index in [1.807, 2.05) is 13.0 Å². The largest absolute Gasteiger partial charge is 0.494 e. The second-order valence-corrected chi connectivity index (χ2v) is 8.03. The molecule has 0 unspecified atom stereocenters. The van der Waals surface area contributed by atoms with Gasteiger partial charge in [-0.05, 0) is 55.5 Å². The summed E-state index contributed by atoms with van der Waals surface area (Å²) in [6, 6.07) is 23.6. The molecule has 1 N–H and O–H groups in total. The third-order valence-electron chi connectivity index (χ3n) is 4.11. The maximum absolute atomic E-state index is 13.3. The highest BCUT2D eigenvalue weighted by atomic mass is 32.2. The van der Waals surface area contributed by atoms with Gasteiger partial charge >= 0.3 is 0 Å². The van der Waals surface area contributed by atoms with Crippen molar-refractivity contribution < 1.29 is 17.9 Å². The van der Waals surface area contributed by atoms with Crippen molar-refractivity contribution in [1.29, 1.82) is 0 Å². The van der Waals surface area contributed by atoms with Crippen molar-refractivity contribution in [3.8, 4) is 5.75 Å². The van der Waals surface area contributed by atoms with Gasteiger partial charge in [-0.3, -0.25) is 9.10 Å². The van der Waals surface area contributed by atoms with Gasteiger partial charge in [-0.25, -0.2) is 8.42 Å². The summed E-state index contributed by atoms with van der Waals surface area (Å²) < 4.78 is 33.1. The Bertz CT molecular complexity index is 1040. The minimum absolute atomic E-state index is 0.0808. The van der Waals surface area contributed by atoms with Crippen LogP contribution in [0.4, 0.5) is 11.4 Å². The number of amides is 1. The first kappa shape index (κ1) is 20.4. The van der Waals surface area contributed by atoms with Gasteiger partial charge in [-0.15, -0.1) is 0 Å². The van der Waals surface area contributed by atoms with Crippen LogP contribution in [0.5, 0.6) is 5.75 Å². The van der Waals surface area contributed by atoms with Gasteiger partial charge in [-0.2, -0.15) is 0 Å². The third-order valence-corrected chi connectivity index (χ3v) is 5.90. The molecule has 0 bridgehead atoms. The zero-order valence-corrected chi connectivity index (χ0v) is 16.8. The van der Waals surface area contributed by atoms with Crippen molar-refractivity contribution in [2.45, 2.75) is 11.8 Å². The predicted molar refractivity (Wildman–Crippen MR) is 114 cm³/mol. The fourth-order valence-corrected chi connectivity index (χ4v) is 4.18. The van der Waals surface area contributed by atoms with E-state index in [-0.39, 0.29) is 11.4 Å². The molecule has 0 atom stereocenters. The summed E-state index contributed by atoms with van der Waals surface area (Å²) in [6.07, 6.45) is 0. The fourth-order valence-electron chi connectivity index (χ4n) is 2.76. The molecule has 0 aliphatic heterocycles. The van der Waals surface area contributed by atoms with Gasteiger partial charge in [0.05, 0.1) is 17.2 Å². The zero-order valence-electron chi connectivity index (χ0n) is 16.0. The van der Waals surface area contributed by atoms with Crippen LogP contribution < -0.4 is 14.4 Å². The molecule has 0 spiro atoms. The van der Waals surface area contributed by atoms with Crippen molar-refractivity contribution in [2.75, 3.05) is 22.8 Å². The molecule has 0 saturated heterocycles. The van der Waals surface area contributed by atoms with E-state index < -0.39 is 15.9 Å². The topological polar surface area (TPSA) is 75.7 Å². The highest BCUT2D eigenvalue weighted by molar-refractivity contribution is 7.92.